The second kappa shape index (κ2) is 11.6. The van der Waals surface area contributed by atoms with E-state index in [1.165, 1.54) is 23.5 Å². The Kier molecular flexibility index (Phi) is 8.85. The van der Waals surface area contributed by atoms with Crippen LogP contribution in [-0.4, -0.2) is 22.3 Å². The monoisotopic (exact) mass is 504 g/mol. The number of aliphatic hydroxyl groups is 1. The van der Waals surface area contributed by atoms with Crippen LogP contribution >= 0.6 is 11.3 Å². The molecule has 1 heterocycles. The van der Waals surface area contributed by atoms with Crippen molar-refractivity contribution in [2.45, 2.75) is 45.1 Å². The standard InChI is InChI=1S/C26H27F3N2O3S/c1-3-22(25(33)31-34)30-15-24-21(16(2)32)14-23(35-24)19-10-6-17(7-11-19)4-5-18-8-12-20(13-9-18)26(27,28)29/h4-14,16,22,30,32,34H,3,15H2,1-2H3,(H,31,33)/b5-4+. The van der Waals surface area contributed by atoms with Gasteiger partial charge in [-0.05, 0) is 53.8 Å². The fourth-order valence-corrected chi connectivity index (χ4v) is 4.74. The number of hydrogen-bond acceptors (Lipinski definition) is 5. The van der Waals surface area contributed by atoms with Crippen molar-refractivity contribution in [3.05, 3.63) is 81.7 Å². The van der Waals surface area contributed by atoms with Gasteiger partial charge in [0.2, 0.25) is 0 Å². The number of rotatable bonds is 9. The molecule has 0 radical (unpaired) electrons. The Morgan fingerprint density at radius 3 is 2.11 bits per heavy atom. The van der Waals surface area contributed by atoms with Gasteiger partial charge >= 0.3 is 6.18 Å². The van der Waals surface area contributed by atoms with E-state index in [2.05, 4.69) is 5.32 Å². The van der Waals surface area contributed by atoms with Gasteiger partial charge in [0.25, 0.3) is 5.91 Å². The van der Waals surface area contributed by atoms with E-state index in [4.69, 9.17) is 5.21 Å². The van der Waals surface area contributed by atoms with E-state index in [-0.39, 0.29) is 0 Å². The van der Waals surface area contributed by atoms with Gasteiger partial charge < -0.3 is 10.4 Å². The van der Waals surface area contributed by atoms with E-state index >= 15 is 0 Å². The number of halogens is 3. The average Bonchev–Trinajstić information content (AvgIpc) is 3.27. The average molecular weight is 505 g/mol. The highest BCUT2D eigenvalue weighted by molar-refractivity contribution is 7.15. The molecule has 0 spiro atoms. The number of alkyl halides is 3. The number of carbonyl (C=O) groups is 1. The predicted octanol–water partition coefficient (Wildman–Crippen LogP) is 6.03. The zero-order valence-corrected chi connectivity index (χ0v) is 20.1. The third-order valence-corrected chi connectivity index (χ3v) is 6.74. The Labute approximate surface area is 205 Å². The molecule has 2 unspecified atom stereocenters. The Hall–Kier alpha value is -2.98. The van der Waals surface area contributed by atoms with Crippen molar-refractivity contribution in [1.29, 1.82) is 0 Å². The summed E-state index contributed by atoms with van der Waals surface area (Å²) in [5.74, 6) is -0.511. The van der Waals surface area contributed by atoms with Crippen LogP contribution in [0, 0.1) is 0 Å². The first-order valence-corrected chi connectivity index (χ1v) is 11.9. The molecular formula is C26H27F3N2O3S. The smallest absolute Gasteiger partial charge is 0.389 e. The normalized spacial score (nSPS) is 13.7. The third kappa shape index (κ3) is 7.02. The summed E-state index contributed by atoms with van der Waals surface area (Å²) in [5.41, 5.74) is 4.26. The molecule has 0 saturated heterocycles. The number of thiophene rings is 1. The quantitative estimate of drug-likeness (QED) is 0.163. The van der Waals surface area contributed by atoms with Gasteiger partial charge in [-0.2, -0.15) is 13.2 Å². The molecule has 35 heavy (non-hydrogen) atoms. The molecule has 3 aromatic rings. The highest BCUT2D eigenvalue weighted by Crippen LogP contribution is 2.35. The minimum absolute atomic E-state index is 0.366. The van der Waals surface area contributed by atoms with E-state index in [1.54, 1.807) is 18.5 Å². The zero-order valence-electron chi connectivity index (χ0n) is 19.3. The number of nitrogens with one attached hydrogen (secondary N) is 2. The van der Waals surface area contributed by atoms with Gasteiger partial charge in [-0.1, -0.05) is 55.5 Å². The number of benzene rings is 2. The fourth-order valence-electron chi connectivity index (χ4n) is 3.53. The van der Waals surface area contributed by atoms with Crippen molar-refractivity contribution in [2.75, 3.05) is 0 Å². The van der Waals surface area contributed by atoms with Crippen LogP contribution in [0.3, 0.4) is 0 Å². The van der Waals surface area contributed by atoms with Crippen LogP contribution in [0.15, 0.2) is 54.6 Å². The molecule has 0 aliphatic rings. The Morgan fingerprint density at radius 1 is 1.06 bits per heavy atom. The van der Waals surface area contributed by atoms with Gasteiger partial charge in [0.1, 0.15) is 0 Å². The summed E-state index contributed by atoms with van der Waals surface area (Å²) >= 11 is 1.51. The second-order valence-corrected chi connectivity index (χ2v) is 9.19. The van der Waals surface area contributed by atoms with Crippen LogP contribution in [0.5, 0.6) is 0 Å². The Morgan fingerprint density at radius 2 is 1.63 bits per heavy atom. The molecule has 2 atom stereocenters. The highest BCUT2D eigenvalue weighted by Gasteiger charge is 2.29. The van der Waals surface area contributed by atoms with Crippen LogP contribution < -0.4 is 10.8 Å². The van der Waals surface area contributed by atoms with Gasteiger partial charge in [0.05, 0.1) is 17.7 Å². The maximum atomic E-state index is 12.7. The molecule has 4 N–H and O–H groups in total. The van der Waals surface area contributed by atoms with E-state index in [0.717, 1.165) is 38.6 Å². The van der Waals surface area contributed by atoms with E-state index in [1.807, 2.05) is 43.3 Å². The summed E-state index contributed by atoms with van der Waals surface area (Å²) < 4.78 is 38.1. The summed E-state index contributed by atoms with van der Waals surface area (Å²) in [6, 6.07) is 14.1. The Bertz CT molecular complexity index is 1150. The summed E-state index contributed by atoms with van der Waals surface area (Å²) in [6.45, 7) is 3.88. The number of carbonyl (C=O) groups excluding carboxylic acids is 1. The van der Waals surface area contributed by atoms with Gasteiger partial charge in [-0.15, -0.1) is 11.3 Å². The van der Waals surface area contributed by atoms with Crippen LogP contribution in [0.2, 0.25) is 0 Å². The van der Waals surface area contributed by atoms with E-state index in [9.17, 15) is 23.1 Å². The molecule has 2 aromatic carbocycles. The Balaban J connectivity index is 1.73. The minimum Gasteiger partial charge on any atom is -0.389 e. The largest absolute Gasteiger partial charge is 0.416 e. The number of hydroxylamine groups is 1. The number of aliphatic hydroxyl groups excluding tert-OH is 1. The summed E-state index contributed by atoms with van der Waals surface area (Å²) in [6.07, 6.45) is -0.961. The van der Waals surface area contributed by atoms with E-state index < -0.39 is 29.8 Å². The van der Waals surface area contributed by atoms with Crippen molar-refractivity contribution in [1.82, 2.24) is 10.8 Å². The lowest BCUT2D eigenvalue weighted by atomic mass is 10.1. The zero-order chi connectivity index (χ0) is 25.6. The van der Waals surface area contributed by atoms with E-state index in [0.29, 0.717) is 18.5 Å². The highest BCUT2D eigenvalue weighted by atomic mass is 32.1. The maximum absolute atomic E-state index is 12.7. The molecule has 186 valence electrons. The fraction of sp³-hybridized carbons (Fsp3) is 0.269. The van der Waals surface area contributed by atoms with Crippen molar-refractivity contribution in [3.63, 3.8) is 0 Å². The molecule has 0 bridgehead atoms. The first kappa shape index (κ1) is 26.6. The van der Waals surface area contributed by atoms with Crippen LogP contribution in [0.1, 0.15) is 53.5 Å². The lowest BCUT2D eigenvalue weighted by Crippen LogP contribution is -2.42. The van der Waals surface area contributed by atoms with Crippen LogP contribution in [0.4, 0.5) is 13.2 Å². The molecule has 1 aromatic heterocycles. The maximum Gasteiger partial charge on any atom is 0.416 e. The first-order valence-electron chi connectivity index (χ1n) is 11.1. The summed E-state index contributed by atoms with van der Waals surface area (Å²) in [5, 5.41) is 22.2. The lowest BCUT2D eigenvalue weighted by molar-refractivity contribution is -0.137. The molecule has 1 amide bonds. The van der Waals surface area contributed by atoms with Crippen molar-refractivity contribution >= 4 is 29.4 Å². The minimum atomic E-state index is -4.35. The van der Waals surface area contributed by atoms with Crippen molar-refractivity contribution in [2.24, 2.45) is 0 Å². The molecule has 9 heteroatoms. The second-order valence-electron chi connectivity index (χ2n) is 8.06. The molecule has 0 saturated carbocycles. The number of hydrogen-bond donors (Lipinski definition) is 4. The molecule has 3 rings (SSSR count). The third-order valence-electron chi connectivity index (χ3n) is 5.54. The van der Waals surface area contributed by atoms with Gasteiger partial charge in [-0.3, -0.25) is 10.0 Å². The molecule has 0 aliphatic carbocycles. The van der Waals surface area contributed by atoms with Gasteiger partial charge in [-0.25, -0.2) is 5.48 Å². The van der Waals surface area contributed by atoms with Crippen LogP contribution in [-0.2, 0) is 17.5 Å². The molecule has 5 nitrogen and oxygen atoms in total. The topological polar surface area (TPSA) is 81.6 Å². The van der Waals surface area contributed by atoms with Crippen LogP contribution in [0.25, 0.3) is 22.6 Å². The summed E-state index contributed by atoms with van der Waals surface area (Å²) in [7, 11) is 0. The van der Waals surface area contributed by atoms with Crippen molar-refractivity contribution < 1.29 is 28.3 Å². The number of amides is 1. The predicted molar refractivity (Wildman–Crippen MR) is 132 cm³/mol. The SMILES string of the molecule is CCC(NCc1sc(-c2ccc(/C=C/c3ccc(C(F)(F)F)cc3)cc2)cc1C(C)O)C(=O)NO. The molecule has 0 fully saturated rings. The lowest BCUT2D eigenvalue weighted by Gasteiger charge is -2.15. The first-order chi connectivity index (χ1) is 16.6. The molecule has 0 aliphatic heterocycles. The van der Waals surface area contributed by atoms with Gasteiger partial charge in [0.15, 0.2) is 0 Å². The van der Waals surface area contributed by atoms with Crippen molar-refractivity contribution in [3.8, 4) is 10.4 Å². The summed E-state index contributed by atoms with van der Waals surface area (Å²) in [4.78, 5) is 13.6. The molecular weight excluding hydrogens is 477 g/mol. The van der Waals surface area contributed by atoms with Gasteiger partial charge in [0, 0.05) is 16.3 Å².